The Morgan fingerprint density at radius 2 is 1.65 bits per heavy atom. The van der Waals surface area contributed by atoms with E-state index in [2.05, 4.69) is 26.6 Å². The maximum absolute atomic E-state index is 13.4. The summed E-state index contributed by atoms with van der Waals surface area (Å²) >= 11 is 4.72. The number of rotatable bonds is 10. The van der Waals surface area contributed by atoms with Gasteiger partial charge in [-0.05, 0) is 60.7 Å². The SMILES string of the molecule is COc1cc(O)ccc1/C=C(\NC(=O)c1ccccc1)C(=O)Nc1cccc(SCC(=O)c2ccc(Br)cc2)c1. The first-order chi connectivity index (χ1) is 19.3. The number of carbonyl (C=O) groups is 3. The minimum absolute atomic E-state index is 0.00116. The van der Waals surface area contributed by atoms with Crippen LogP contribution in [-0.2, 0) is 4.79 Å². The van der Waals surface area contributed by atoms with Crippen molar-refractivity contribution < 1.29 is 24.2 Å². The Kier molecular flexibility index (Phi) is 9.77. The molecule has 4 aromatic rings. The van der Waals surface area contributed by atoms with Gasteiger partial charge in [-0.1, -0.05) is 52.3 Å². The van der Waals surface area contributed by atoms with Crippen LogP contribution in [0.25, 0.3) is 6.08 Å². The van der Waals surface area contributed by atoms with Gasteiger partial charge in [0.15, 0.2) is 5.78 Å². The second-order valence-corrected chi connectivity index (χ2v) is 10.5. The number of halogens is 1. The molecule has 2 amide bonds. The van der Waals surface area contributed by atoms with Gasteiger partial charge in [-0.3, -0.25) is 14.4 Å². The fourth-order valence-electron chi connectivity index (χ4n) is 3.65. The summed E-state index contributed by atoms with van der Waals surface area (Å²) in [5.41, 5.74) is 1.95. The van der Waals surface area contributed by atoms with E-state index in [4.69, 9.17) is 4.74 Å². The second kappa shape index (κ2) is 13.6. The number of hydrogen-bond donors (Lipinski definition) is 3. The van der Waals surface area contributed by atoms with Crippen molar-refractivity contribution in [3.8, 4) is 11.5 Å². The third kappa shape index (κ3) is 7.84. The lowest BCUT2D eigenvalue weighted by atomic mass is 10.1. The van der Waals surface area contributed by atoms with E-state index in [9.17, 15) is 19.5 Å². The van der Waals surface area contributed by atoms with Crippen LogP contribution in [0.3, 0.4) is 0 Å². The van der Waals surface area contributed by atoms with Crippen molar-refractivity contribution in [1.29, 1.82) is 0 Å². The predicted octanol–water partition coefficient (Wildman–Crippen LogP) is 6.55. The van der Waals surface area contributed by atoms with E-state index in [1.165, 1.54) is 37.1 Å². The first-order valence-electron chi connectivity index (χ1n) is 12.1. The zero-order chi connectivity index (χ0) is 28.5. The van der Waals surface area contributed by atoms with Crippen LogP contribution in [0.1, 0.15) is 26.3 Å². The number of thioether (sulfide) groups is 1. The molecule has 202 valence electrons. The number of ether oxygens (including phenoxy) is 1. The fourth-order valence-corrected chi connectivity index (χ4v) is 4.76. The molecule has 0 unspecified atom stereocenters. The molecule has 40 heavy (non-hydrogen) atoms. The molecule has 0 aliphatic rings. The fraction of sp³-hybridized carbons (Fsp3) is 0.0645. The third-order valence-corrected chi connectivity index (χ3v) is 7.20. The summed E-state index contributed by atoms with van der Waals surface area (Å²) in [4.78, 5) is 39.7. The van der Waals surface area contributed by atoms with Gasteiger partial charge in [0.25, 0.3) is 11.8 Å². The van der Waals surface area contributed by atoms with Gasteiger partial charge in [-0.15, -0.1) is 11.8 Å². The molecular weight excluding hydrogens is 592 g/mol. The predicted molar refractivity (Wildman–Crippen MR) is 161 cm³/mol. The summed E-state index contributed by atoms with van der Waals surface area (Å²) in [7, 11) is 1.44. The van der Waals surface area contributed by atoms with Crippen LogP contribution in [0.15, 0.2) is 112 Å². The number of benzene rings is 4. The van der Waals surface area contributed by atoms with E-state index in [1.54, 1.807) is 66.7 Å². The molecular formula is C31H25BrN2O5S. The van der Waals surface area contributed by atoms with Gasteiger partial charge in [-0.2, -0.15) is 0 Å². The van der Waals surface area contributed by atoms with Crippen LogP contribution in [0.4, 0.5) is 5.69 Å². The van der Waals surface area contributed by atoms with Gasteiger partial charge in [0.2, 0.25) is 0 Å². The molecule has 3 N–H and O–H groups in total. The van der Waals surface area contributed by atoms with E-state index in [0.29, 0.717) is 28.1 Å². The Morgan fingerprint density at radius 1 is 0.900 bits per heavy atom. The number of ketones is 1. The normalized spacial score (nSPS) is 11.0. The Morgan fingerprint density at radius 3 is 2.38 bits per heavy atom. The van der Waals surface area contributed by atoms with Crippen molar-refractivity contribution >= 4 is 57.1 Å². The largest absolute Gasteiger partial charge is 0.508 e. The number of carbonyl (C=O) groups excluding carboxylic acids is 3. The average molecular weight is 618 g/mol. The highest BCUT2D eigenvalue weighted by Gasteiger charge is 2.17. The third-order valence-electron chi connectivity index (χ3n) is 5.67. The number of nitrogens with one attached hydrogen (secondary N) is 2. The lowest BCUT2D eigenvalue weighted by Gasteiger charge is -2.13. The summed E-state index contributed by atoms with van der Waals surface area (Å²) in [5.74, 6) is -0.473. The second-order valence-electron chi connectivity index (χ2n) is 8.51. The summed E-state index contributed by atoms with van der Waals surface area (Å²) in [6, 6.07) is 27.3. The molecule has 0 bridgehead atoms. The van der Waals surface area contributed by atoms with Gasteiger partial charge in [-0.25, -0.2) is 0 Å². The summed E-state index contributed by atoms with van der Waals surface area (Å²) < 4.78 is 6.23. The molecule has 4 aromatic carbocycles. The van der Waals surface area contributed by atoms with Crippen LogP contribution in [0, 0.1) is 0 Å². The first kappa shape index (κ1) is 28.7. The zero-order valence-electron chi connectivity index (χ0n) is 21.4. The molecule has 0 aromatic heterocycles. The maximum Gasteiger partial charge on any atom is 0.272 e. The van der Waals surface area contributed by atoms with E-state index in [1.807, 2.05) is 18.2 Å². The van der Waals surface area contributed by atoms with Crippen LogP contribution in [-0.4, -0.2) is 35.6 Å². The van der Waals surface area contributed by atoms with E-state index in [-0.39, 0.29) is 23.0 Å². The molecule has 7 nitrogen and oxygen atoms in total. The molecule has 0 atom stereocenters. The molecule has 0 aliphatic heterocycles. The summed E-state index contributed by atoms with van der Waals surface area (Å²) in [5, 5.41) is 15.3. The molecule has 0 aliphatic carbocycles. The number of phenols is 1. The Balaban J connectivity index is 1.53. The van der Waals surface area contributed by atoms with Crippen molar-refractivity contribution in [3.63, 3.8) is 0 Å². The van der Waals surface area contributed by atoms with Crippen molar-refractivity contribution in [1.82, 2.24) is 5.32 Å². The van der Waals surface area contributed by atoms with Gasteiger partial charge >= 0.3 is 0 Å². The molecule has 0 saturated carbocycles. The summed E-state index contributed by atoms with van der Waals surface area (Å²) in [6.45, 7) is 0. The standard InChI is InChI=1S/C31H25BrN2O5S/c1-39-29-18-25(35)15-12-22(29)16-27(34-30(37)21-6-3-2-4-7-21)31(38)33-24-8-5-9-26(17-24)40-19-28(36)20-10-13-23(32)14-11-20/h2-18,35H,19H2,1H3,(H,33,38)(H,34,37)/b27-16-. The number of Topliss-reactive ketones (excluding diaryl/α,β-unsaturated/α-hetero) is 1. The van der Waals surface area contributed by atoms with Gasteiger partial charge in [0.1, 0.15) is 17.2 Å². The Labute approximate surface area is 244 Å². The zero-order valence-corrected chi connectivity index (χ0v) is 23.8. The van der Waals surface area contributed by atoms with Crippen LogP contribution in [0.2, 0.25) is 0 Å². The van der Waals surface area contributed by atoms with E-state index < -0.39 is 11.8 Å². The molecule has 9 heteroatoms. The highest BCUT2D eigenvalue weighted by Crippen LogP contribution is 2.27. The lowest BCUT2D eigenvalue weighted by Crippen LogP contribution is -2.30. The van der Waals surface area contributed by atoms with Crippen molar-refractivity contribution in [3.05, 3.63) is 124 Å². The van der Waals surface area contributed by atoms with Crippen LogP contribution >= 0.6 is 27.7 Å². The minimum atomic E-state index is -0.563. The number of phenolic OH excluding ortho intramolecular Hbond substituents is 1. The summed E-state index contributed by atoms with van der Waals surface area (Å²) in [6.07, 6.45) is 1.48. The number of aromatic hydroxyl groups is 1. The van der Waals surface area contributed by atoms with E-state index in [0.717, 1.165) is 9.37 Å². The van der Waals surface area contributed by atoms with E-state index >= 15 is 0 Å². The smallest absolute Gasteiger partial charge is 0.272 e. The highest BCUT2D eigenvalue weighted by molar-refractivity contribution is 9.10. The highest BCUT2D eigenvalue weighted by atomic mass is 79.9. The lowest BCUT2D eigenvalue weighted by molar-refractivity contribution is -0.113. The Hall–Kier alpha value is -4.34. The molecule has 0 fully saturated rings. The van der Waals surface area contributed by atoms with Crippen molar-refractivity contribution in [2.24, 2.45) is 0 Å². The topological polar surface area (TPSA) is 105 Å². The number of hydrogen-bond acceptors (Lipinski definition) is 6. The first-order valence-corrected chi connectivity index (χ1v) is 13.9. The Bertz CT molecular complexity index is 1560. The maximum atomic E-state index is 13.4. The van der Waals surface area contributed by atoms with Gasteiger partial charge in [0, 0.05) is 37.8 Å². The van der Waals surface area contributed by atoms with Crippen LogP contribution in [0.5, 0.6) is 11.5 Å². The van der Waals surface area contributed by atoms with Crippen molar-refractivity contribution in [2.45, 2.75) is 4.90 Å². The number of amides is 2. The molecule has 4 rings (SSSR count). The van der Waals surface area contributed by atoms with Gasteiger partial charge in [0.05, 0.1) is 12.9 Å². The quantitative estimate of drug-likeness (QED) is 0.106. The minimum Gasteiger partial charge on any atom is -0.508 e. The molecule has 0 radical (unpaired) electrons. The van der Waals surface area contributed by atoms with Gasteiger partial charge < -0.3 is 20.5 Å². The monoisotopic (exact) mass is 616 g/mol. The molecule has 0 heterocycles. The molecule has 0 spiro atoms. The number of methoxy groups -OCH3 is 1. The molecule has 0 saturated heterocycles. The van der Waals surface area contributed by atoms with Crippen molar-refractivity contribution in [2.75, 3.05) is 18.2 Å². The number of anilines is 1. The average Bonchev–Trinajstić information content (AvgIpc) is 2.97. The van der Waals surface area contributed by atoms with Crippen LogP contribution < -0.4 is 15.4 Å².